The van der Waals surface area contributed by atoms with Gasteiger partial charge in [0, 0.05) is 6.54 Å². The van der Waals surface area contributed by atoms with Gasteiger partial charge in [-0.15, -0.1) is 6.58 Å². The highest BCUT2D eigenvalue weighted by atomic mass is 35.5. The number of benzene rings is 1. The smallest absolute Gasteiger partial charge is 0.242 e. The van der Waals surface area contributed by atoms with Gasteiger partial charge in [0.1, 0.15) is 4.90 Å². The van der Waals surface area contributed by atoms with Crippen molar-refractivity contribution >= 4 is 38.9 Å². The number of hydrogen-bond acceptors (Lipinski definition) is 4. The van der Waals surface area contributed by atoms with E-state index in [9.17, 15) is 8.42 Å². The van der Waals surface area contributed by atoms with Crippen molar-refractivity contribution in [3.05, 3.63) is 34.8 Å². The monoisotopic (exact) mass is 338 g/mol. The van der Waals surface area contributed by atoms with Crippen molar-refractivity contribution in [1.29, 1.82) is 0 Å². The summed E-state index contributed by atoms with van der Waals surface area (Å²) in [7, 11) is -3.74. The molecule has 0 spiro atoms. The van der Waals surface area contributed by atoms with Crippen LogP contribution in [-0.2, 0) is 14.8 Å². The zero-order valence-electron chi connectivity index (χ0n) is 10.7. The average molecular weight is 339 g/mol. The zero-order chi connectivity index (χ0) is 15.2. The molecule has 8 heteroatoms. The quantitative estimate of drug-likeness (QED) is 0.433. The van der Waals surface area contributed by atoms with Gasteiger partial charge < -0.3 is 10.5 Å². The number of ether oxygens (including phenoxy) is 1. The van der Waals surface area contributed by atoms with Gasteiger partial charge in [-0.25, -0.2) is 13.1 Å². The van der Waals surface area contributed by atoms with Gasteiger partial charge in [-0.3, -0.25) is 0 Å². The first-order valence-corrected chi connectivity index (χ1v) is 8.06. The molecule has 0 aliphatic rings. The van der Waals surface area contributed by atoms with Crippen molar-refractivity contribution in [3.8, 4) is 0 Å². The van der Waals surface area contributed by atoms with Crippen LogP contribution in [0.2, 0.25) is 10.0 Å². The Morgan fingerprint density at radius 3 is 2.70 bits per heavy atom. The number of sulfonamides is 1. The Labute approximate surface area is 128 Å². The number of nitrogen functional groups attached to an aromatic ring is 1. The van der Waals surface area contributed by atoms with Crippen LogP contribution in [0.3, 0.4) is 0 Å². The fraction of sp³-hybridized carbons (Fsp3) is 0.333. The van der Waals surface area contributed by atoms with E-state index in [1.165, 1.54) is 12.1 Å². The molecule has 0 unspecified atom stereocenters. The molecular formula is C12H16Cl2N2O3S. The van der Waals surface area contributed by atoms with Crippen molar-refractivity contribution in [1.82, 2.24) is 4.72 Å². The molecule has 0 aromatic heterocycles. The molecule has 5 nitrogen and oxygen atoms in total. The Bertz CT molecular complexity index is 576. The third kappa shape index (κ3) is 4.64. The van der Waals surface area contributed by atoms with Crippen LogP contribution in [0.15, 0.2) is 29.7 Å². The molecule has 1 aromatic carbocycles. The molecule has 20 heavy (non-hydrogen) atoms. The molecule has 0 aliphatic heterocycles. The van der Waals surface area contributed by atoms with E-state index in [0.717, 1.165) is 0 Å². The van der Waals surface area contributed by atoms with Gasteiger partial charge in [0.05, 0.1) is 28.9 Å². The molecule has 0 heterocycles. The van der Waals surface area contributed by atoms with Gasteiger partial charge >= 0.3 is 0 Å². The summed E-state index contributed by atoms with van der Waals surface area (Å²) in [6.45, 7) is 4.45. The zero-order valence-corrected chi connectivity index (χ0v) is 13.1. The predicted molar refractivity (Wildman–Crippen MR) is 81.7 cm³/mol. The second-order valence-electron chi connectivity index (χ2n) is 3.86. The Morgan fingerprint density at radius 2 is 2.05 bits per heavy atom. The minimum atomic E-state index is -3.74. The van der Waals surface area contributed by atoms with E-state index < -0.39 is 10.0 Å². The average Bonchev–Trinajstić information content (AvgIpc) is 2.39. The lowest BCUT2D eigenvalue weighted by molar-refractivity contribution is 0.144. The summed E-state index contributed by atoms with van der Waals surface area (Å²) in [5, 5.41) is 0.124. The van der Waals surface area contributed by atoms with Crippen molar-refractivity contribution in [2.45, 2.75) is 11.3 Å². The molecule has 3 N–H and O–H groups in total. The van der Waals surface area contributed by atoms with Crippen LogP contribution >= 0.6 is 23.2 Å². The molecule has 0 saturated carbocycles. The summed E-state index contributed by atoms with van der Waals surface area (Å²) in [6, 6.07) is 2.69. The standard InChI is InChI=1S/C12H16Cl2N2O3S/c1-2-3-7-19-8-6-16-20(17,18)10-5-4-9(13)12(15)11(10)14/h2,4-5,16H,1,3,6-8,15H2. The van der Waals surface area contributed by atoms with E-state index in [-0.39, 0.29) is 33.8 Å². The van der Waals surface area contributed by atoms with Gasteiger partial charge in [-0.1, -0.05) is 29.3 Å². The molecule has 0 atom stereocenters. The summed E-state index contributed by atoms with van der Waals surface area (Å²) in [4.78, 5) is -0.104. The summed E-state index contributed by atoms with van der Waals surface area (Å²) < 4.78 is 31.7. The third-order valence-electron chi connectivity index (χ3n) is 2.39. The number of halogens is 2. The van der Waals surface area contributed by atoms with Crippen molar-refractivity contribution < 1.29 is 13.2 Å². The molecule has 0 saturated heterocycles. The Balaban J connectivity index is 2.66. The van der Waals surface area contributed by atoms with Crippen LogP contribution in [0.4, 0.5) is 5.69 Å². The first-order valence-electron chi connectivity index (χ1n) is 5.82. The van der Waals surface area contributed by atoms with Crippen molar-refractivity contribution in [2.24, 2.45) is 0 Å². The maximum atomic E-state index is 12.0. The van der Waals surface area contributed by atoms with Crippen LogP contribution in [0, 0.1) is 0 Å². The first kappa shape index (κ1) is 17.3. The summed E-state index contributed by atoms with van der Waals surface area (Å²) >= 11 is 11.7. The van der Waals surface area contributed by atoms with E-state index >= 15 is 0 Å². The highest BCUT2D eigenvalue weighted by Crippen LogP contribution is 2.32. The Hall–Kier alpha value is -0.790. The lowest BCUT2D eigenvalue weighted by Gasteiger charge is -2.10. The van der Waals surface area contributed by atoms with Gasteiger partial charge in [-0.2, -0.15) is 0 Å². The van der Waals surface area contributed by atoms with Crippen LogP contribution in [0.5, 0.6) is 0 Å². The molecule has 0 amide bonds. The minimum Gasteiger partial charge on any atom is -0.396 e. The molecular weight excluding hydrogens is 323 g/mol. The Morgan fingerprint density at radius 1 is 1.35 bits per heavy atom. The molecule has 0 bridgehead atoms. The van der Waals surface area contributed by atoms with Crippen molar-refractivity contribution in [3.63, 3.8) is 0 Å². The highest BCUT2D eigenvalue weighted by Gasteiger charge is 2.20. The maximum Gasteiger partial charge on any atom is 0.242 e. The van der Waals surface area contributed by atoms with E-state index in [1.807, 2.05) is 0 Å². The van der Waals surface area contributed by atoms with Gasteiger partial charge in [0.2, 0.25) is 10.0 Å². The molecule has 1 rings (SSSR count). The molecule has 0 radical (unpaired) electrons. The second-order valence-corrected chi connectivity index (χ2v) is 6.38. The number of nitrogens with one attached hydrogen (secondary N) is 1. The number of nitrogens with two attached hydrogens (primary N) is 1. The fourth-order valence-corrected chi connectivity index (χ4v) is 3.13. The number of hydrogen-bond donors (Lipinski definition) is 2. The lowest BCUT2D eigenvalue weighted by Crippen LogP contribution is -2.28. The molecule has 112 valence electrons. The normalized spacial score (nSPS) is 11.5. The Kier molecular flexibility index (Phi) is 6.78. The van der Waals surface area contributed by atoms with Crippen LogP contribution in [0.1, 0.15) is 6.42 Å². The van der Waals surface area contributed by atoms with Gasteiger partial charge in [0.15, 0.2) is 0 Å². The van der Waals surface area contributed by atoms with E-state index in [2.05, 4.69) is 11.3 Å². The number of anilines is 1. The number of rotatable bonds is 8. The summed E-state index contributed by atoms with van der Waals surface area (Å²) in [6.07, 6.45) is 2.44. The summed E-state index contributed by atoms with van der Waals surface area (Å²) in [5.41, 5.74) is 5.64. The van der Waals surface area contributed by atoms with Crippen molar-refractivity contribution in [2.75, 3.05) is 25.5 Å². The minimum absolute atomic E-state index is 0.0402. The lowest BCUT2D eigenvalue weighted by atomic mass is 10.3. The van der Waals surface area contributed by atoms with Crippen LogP contribution < -0.4 is 10.5 Å². The highest BCUT2D eigenvalue weighted by molar-refractivity contribution is 7.89. The molecule has 0 aliphatic carbocycles. The van der Waals surface area contributed by atoms with E-state index in [0.29, 0.717) is 13.0 Å². The molecule has 1 aromatic rings. The second kappa shape index (κ2) is 7.85. The van der Waals surface area contributed by atoms with Gasteiger partial charge in [-0.05, 0) is 18.6 Å². The van der Waals surface area contributed by atoms with E-state index in [1.54, 1.807) is 6.08 Å². The predicted octanol–water partition coefficient (Wildman–Crippen LogP) is 2.45. The van der Waals surface area contributed by atoms with E-state index in [4.69, 9.17) is 33.7 Å². The maximum absolute atomic E-state index is 12.0. The molecule has 0 fully saturated rings. The summed E-state index contributed by atoms with van der Waals surface area (Å²) in [5.74, 6) is 0. The topological polar surface area (TPSA) is 81.4 Å². The third-order valence-corrected chi connectivity index (χ3v) is 4.74. The fourth-order valence-electron chi connectivity index (χ4n) is 1.35. The van der Waals surface area contributed by atoms with Crippen LogP contribution in [-0.4, -0.2) is 28.2 Å². The van der Waals surface area contributed by atoms with Crippen LogP contribution in [0.25, 0.3) is 0 Å². The van der Waals surface area contributed by atoms with Gasteiger partial charge in [0.25, 0.3) is 0 Å². The largest absolute Gasteiger partial charge is 0.396 e. The SMILES string of the molecule is C=CCCOCCNS(=O)(=O)c1ccc(Cl)c(N)c1Cl. The first-order chi connectivity index (χ1) is 9.40.